The van der Waals surface area contributed by atoms with Crippen LogP contribution in [0.1, 0.15) is 10.6 Å². The van der Waals surface area contributed by atoms with E-state index in [2.05, 4.69) is 4.74 Å². The van der Waals surface area contributed by atoms with Crippen molar-refractivity contribution in [2.75, 3.05) is 7.11 Å². The van der Waals surface area contributed by atoms with Crippen molar-refractivity contribution in [2.24, 2.45) is 0 Å². The van der Waals surface area contributed by atoms with Gasteiger partial charge in [-0.15, -0.1) is 0 Å². The number of ether oxygens (including phenoxy) is 2. The fourth-order valence-electron chi connectivity index (χ4n) is 1.59. The largest absolute Gasteiger partial charge is 0.493 e. The summed E-state index contributed by atoms with van der Waals surface area (Å²) in [4.78, 5) is 10.5. The summed E-state index contributed by atoms with van der Waals surface area (Å²) in [5, 5.41) is 0. The third-order valence-corrected chi connectivity index (χ3v) is 2.41. The standard InChI is InChI=1S/C13H10F2O4/c1-17-12-6-8(2-4-11(12)19-13(14)15)10-5-3-9(7-16)18-10/h2-7,13H,1H3. The molecule has 0 atom stereocenters. The first-order valence-electron chi connectivity index (χ1n) is 5.32. The van der Waals surface area contributed by atoms with Gasteiger partial charge in [-0.25, -0.2) is 0 Å². The number of benzene rings is 1. The summed E-state index contributed by atoms with van der Waals surface area (Å²) in [7, 11) is 1.34. The van der Waals surface area contributed by atoms with Crippen LogP contribution in [0, 0.1) is 0 Å². The molecular weight excluding hydrogens is 258 g/mol. The number of aldehydes is 1. The Morgan fingerprint density at radius 1 is 1.21 bits per heavy atom. The molecule has 0 saturated heterocycles. The van der Waals surface area contributed by atoms with E-state index in [4.69, 9.17) is 9.15 Å². The molecule has 4 nitrogen and oxygen atoms in total. The van der Waals surface area contributed by atoms with Crippen molar-refractivity contribution >= 4 is 6.29 Å². The average molecular weight is 268 g/mol. The van der Waals surface area contributed by atoms with Crippen molar-refractivity contribution in [1.29, 1.82) is 0 Å². The van der Waals surface area contributed by atoms with Gasteiger partial charge in [0.05, 0.1) is 7.11 Å². The summed E-state index contributed by atoms with van der Waals surface area (Å²) in [5.74, 6) is 0.705. The smallest absolute Gasteiger partial charge is 0.387 e. The average Bonchev–Trinajstić information content (AvgIpc) is 2.87. The molecule has 0 spiro atoms. The van der Waals surface area contributed by atoms with Crippen LogP contribution in [-0.4, -0.2) is 20.0 Å². The molecule has 0 amide bonds. The predicted octanol–water partition coefficient (Wildman–Crippen LogP) is 3.37. The molecule has 0 bridgehead atoms. The molecule has 1 aromatic carbocycles. The number of carbonyl (C=O) groups excluding carboxylic acids is 1. The second-order valence-electron chi connectivity index (χ2n) is 3.56. The summed E-state index contributed by atoms with van der Waals surface area (Å²) in [6.07, 6.45) is 0.578. The van der Waals surface area contributed by atoms with Crippen molar-refractivity contribution < 1.29 is 27.5 Å². The van der Waals surface area contributed by atoms with Gasteiger partial charge in [0, 0.05) is 5.56 Å². The minimum absolute atomic E-state index is 0.0663. The Morgan fingerprint density at radius 2 is 2.00 bits per heavy atom. The van der Waals surface area contributed by atoms with Crippen LogP contribution in [0.3, 0.4) is 0 Å². The van der Waals surface area contributed by atoms with Crippen LogP contribution in [-0.2, 0) is 0 Å². The van der Waals surface area contributed by atoms with Crippen molar-refractivity contribution in [3.8, 4) is 22.8 Å². The van der Waals surface area contributed by atoms with E-state index in [-0.39, 0.29) is 17.3 Å². The monoisotopic (exact) mass is 268 g/mol. The number of halogens is 2. The first-order valence-corrected chi connectivity index (χ1v) is 5.32. The highest BCUT2D eigenvalue weighted by Gasteiger charge is 2.13. The van der Waals surface area contributed by atoms with Gasteiger partial charge in [-0.1, -0.05) is 0 Å². The second kappa shape index (κ2) is 5.51. The third-order valence-electron chi connectivity index (χ3n) is 2.41. The number of hydrogen-bond acceptors (Lipinski definition) is 4. The van der Waals surface area contributed by atoms with Crippen LogP contribution in [0.4, 0.5) is 8.78 Å². The highest BCUT2D eigenvalue weighted by Crippen LogP contribution is 2.33. The lowest BCUT2D eigenvalue weighted by Gasteiger charge is -2.10. The van der Waals surface area contributed by atoms with Gasteiger partial charge in [-0.3, -0.25) is 4.79 Å². The number of furan rings is 1. The van der Waals surface area contributed by atoms with Gasteiger partial charge in [-0.05, 0) is 30.3 Å². The summed E-state index contributed by atoms with van der Waals surface area (Å²) >= 11 is 0. The SMILES string of the molecule is COc1cc(-c2ccc(C=O)o2)ccc1OC(F)F. The number of methoxy groups -OCH3 is 1. The fourth-order valence-corrected chi connectivity index (χ4v) is 1.59. The van der Waals surface area contributed by atoms with E-state index in [0.717, 1.165) is 0 Å². The Morgan fingerprint density at radius 3 is 2.58 bits per heavy atom. The van der Waals surface area contributed by atoms with Crippen LogP contribution in [0.25, 0.3) is 11.3 Å². The number of alkyl halides is 2. The van der Waals surface area contributed by atoms with Crippen molar-refractivity contribution in [3.05, 3.63) is 36.1 Å². The Bertz CT molecular complexity index is 578. The lowest BCUT2D eigenvalue weighted by molar-refractivity contribution is -0.0512. The van der Waals surface area contributed by atoms with Crippen molar-refractivity contribution in [3.63, 3.8) is 0 Å². The molecule has 1 heterocycles. The van der Waals surface area contributed by atoms with E-state index in [9.17, 15) is 13.6 Å². The van der Waals surface area contributed by atoms with E-state index in [1.807, 2.05) is 0 Å². The van der Waals surface area contributed by atoms with Gasteiger partial charge >= 0.3 is 6.61 Å². The topological polar surface area (TPSA) is 48.7 Å². The maximum Gasteiger partial charge on any atom is 0.387 e. The van der Waals surface area contributed by atoms with Gasteiger partial charge in [0.25, 0.3) is 0 Å². The Kier molecular flexibility index (Phi) is 3.79. The second-order valence-corrected chi connectivity index (χ2v) is 3.56. The van der Waals surface area contributed by atoms with Gasteiger partial charge in [0.2, 0.25) is 0 Å². The molecule has 0 aliphatic carbocycles. The molecule has 0 radical (unpaired) electrons. The van der Waals surface area contributed by atoms with E-state index >= 15 is 0 Å². The molecule has 0 fully saturated rings. The summed E-state index contributed by atoms with van der Waals surface area (Å²) in [6, 6.07) is 7.49. The summed E-state index contributed by atoms with van der Waals surface area (Å²) in [6.45, 7) is -2.93. The lowest BCUT2D eigenvalue weighted by atomic mass is 10.1. The summed E-state index contributed by atoms with van der Waals surface area (Å²) < 4.78 is 38.9. The highest BCUT2D eigenvalue weighted by atomic mass is 19.3. The molecule has 0 N–H and O–H groups in total. The first kappa shape index (κ1) is 13.1. The van der Waals surface area contributed by atoms with E-state index < -0.39 is 6.61 Å². The van der Waals surface area contributed by atoms with E-state index in [1.54, 1.807) is 6.07 Å². The molecule has 6 heteroatoms. The number of carbonyl (C=O) groups is 1. The van der Waals surface area contributed by atoms with Crippen LogP contribution in [0.2, 0.25) is 0 Å². The Hall–Kier alpha value is -2.37. The number of rotatable bonds is 5. The maximum absolute atomic E-state index is 12.2. The fraction of sp³-hybridized carbons (Fsp3) is 0.154. The van der Waals surface area contributed by atoms with Crippen LogP contribution >= 0.6 is 0 Å². The van der Waals surface area contributed by atoms with Crippen molar-refractivity contribution in [2.45, 2.75) is 6.61 Å². The van der Waals surface area contributed by atoms with Gasteiger partial charge in [0.1, 0.15) is 5.76 Å². The first-order chi connectivity index (χ1) is 9.13. The molecular formula is C13H10F2O4. The highest BCUT2D eigenvalue weighted by molar-refractivity contribution is 5.73. The molecule has 0 aliphatic heterocycles. The quantitative estimate of drug-likeness (QED) is 0.780. The molecule has 1 aromatic heterocycles. The zero-order valence-corrected chi connectivity index (χ0v) is 9.93. The van der Waals surface area contributed by atoms with Crippen molar-refractivity contribution in [1.82, 2.24) is 0 Å². The zero-order chi connectivity index (χ0) is 13.8. The summed E-state index contributed by atoms with van der Waals surface area (Å²) in [5.41, 5.74) is 0.589. The predicted molar refractivity (Wildman–Crippen MR) is 62.7 cm³/mol. The number of hydrogen-bond donors (Lipinski definition) is 0. The third kappa shape index (κ3) is 2.90. The van der Waals surface area contributed by atoms with E-state index in [0.29, 0.717) is 17.6 Å². The van der Waals surface area contributed by atoms with Gasteiger partial charge in [0.15, 0.2) is 23.5 Å². The maximum atomic E-state index is 12.2. The zero-order valence-electron chi connectivity index (χ0n) is 9.93. The van der Waals surface area contributed by atoms with E-state index in [1.165, 1.54) is 31.4 Å². The molecule has 2 aromatic rings. The molecule has 100 valence electrons. The Balaban J connectivity index is 2.35. The van der Waals surface area contributed by atoms with Gasteiger partial charge < -0.3 is 13.9 Å². The normalized spacial score (nSPS) is 10.5. The molecule has 2 rings (SSSR count). The molecule has 0 unspecified atom stereocenters. The Labute approximate surface area is 107 Å². The van der Waals surface area contributed by atoms with Crippen LogP contribution < -0.4 is 9.47 Å². The minimum atomic E-state index is -2.93. The minimum Gasteiger partial charge on any atom is -0.493 e. The van der Waals surface area contributed by atoms with Gasteiger partial charge in [-0.2, -0.15) is 8.78 Å². The van der Waals surface area contributed by atoms with Crippen LogP contribution in [0.15, 0.2) is 34.7 Å². The molecule has 0 aliphatic rings. The molecule has 0 saturated carbocycles. The molecule has 19 heavy (non-hydrogen) atoms. The lowest BCUT2D eigenvalue weighted by Crippen LogP contribution is -2.03. The van der Waals surface area contributed by atoms with Crippen LogP contribution in [0.5, 0.6) is 11.5 Å².